The second-order valence-corrected chi connectivity index (χ2v) is 7.96. The fraction of sp³-hybridized carbons (Fsp3) is 0.706. The molecular weight excluding hydrogens is 479 g/mol. The third-order valence-electron chi connectivity index (χ3n) is 3.97. The first kappa shape index (κ1) is 23.7. The van der Waals surface area contributed by atoms with Crippen LogP contribution in [0.5, 0.6) is 0 Å². The van der Waals surface area contributed by atoms with Crippen LogP contribution in [0.2, 0.25) is 0 Å². The molecule has 2 heterocycles. The number of rotatable bonds is 5. The van der Waals surface area contributed by atoms with Gasteiger partial charge in [-0.2, -0.15) is 0 Å². The summed E-state index contributed by atoms with van der Waals surface area (Å²) in [4.78, 5) is 26.9. The zero-order valence-corrected chi connectivity index (χ0v) is 19.7. The van der Waals surface area contributed by atoms with Gasteiger partial charge in [0.05, 0.1) is 6.54 Å². The SMILES string of the molecule is CCN(CCN=C(N)N1CCN(c2nccs2)CC1)C(=O)OC(C)(C)C.I. The Labute approximate surface area is 182 Å². The van der Waals surface area contributed by atoms with E-state index in [0.29, 0.717) is 25.6 Å². The molecule has 1 aliphatic heterocycles. The molecule has 10 heteroatoms. The van der Waals surface area contributed by atoms with E-state index in [4.69, 9.17) is 10.5 Å². The van der Waals surface area contributed by atoms with Crippen molar-refractivity contribution in [2.75, 3.05) is 50.7 Å². The summed E-state index contributed by atoms with van der Waals surface area (Å²) in [6.07, 6.45) is 1.51. The number of halogens is 1. The first-order valence-corrected chi connectivity index (χ1v) is 9.85. The largest absolute Gasteiger partial charge is 0.444 e. The molecule has 8 nitrogen and oxygen atoms in total. The average Bonchev–Trinajstić information content (AvgIpc) is 3.11. The molecule has 0 bridgehead atoms. The first-order chi connectivity index (χ1) is 12.3. The lowest BCUT2D eigenvalue weighted by atomic mass is 10.2. The number of thiazole rings is 1. The van der Waals surface area contributed by atoms with Crippen molar-refractivity contribution in [1.29, 1.82) is 0 Å². The maximum Gasteiger partial charge on any atom is 0.410 e. The fourth-order valence-electron chi connectivity index (χ4n) is 2.59. The summed E-state index contributed by atoms with van der Waals surface area (Å²) < 4.78 is 5.40. The minimum atomic E-state index is -0.496. The molecule has 0 radical (unpaired) electrons. The number of guanidine groups is 1. The number of aromatic nitrogens is 1. The van der Waals surface area contributed by atoms with Crippen LogP contribution in [0.1, 0.15) is 27.7 Å². The molecule has 0 spiro atoms. The van der Waals surface area contributed by atoms with E-state index in [1.165, 1.54) is 0 Å². The number of nitrogens with two attached hydrogens (primary N) is 1. The number of amides is 1. The lowest BCUT2D eigenvalue weighted by molar-refractivity contribution is 0.0266. The molecule has 0 atom stereocenters. The molecule has 2 N–H and O–H groups in total. The summed E-state index contributed by atoms with van der Waals surface area (Å²) in [5, 5.41) is 3.04. The van der Waals surface area contributed by atoms with Gasteiger partial charge in [0.25, 0.3) is 0 Å². The van der Waals surface area contributed by atoms with Crippen molar-refractivity contribution in [3.8, 4) is 0 Å². The smallest absolute Gasteiger partial charge is 0.410 e. The Kier molecular flexibility index (Phi) is 9.57. The van der Waals surface area contributed by atoms with Crippen LogP contribution in [0.15, 0.2) is 16.6 Å². The molecular formula is C17H31IN6O2S. The summed E-state index contributed by atoms with van der Waals surface area (Å²) in [5.41, 5.74) is 5.63. The van der Waals surface area contributed by atoms with Crippen molar-refractivity contribution in [2.45, 2.75) is 33.3 Å². The summed E-state index contributed by atoms with van der Waals surface area (Å²) >= 11 is 1.65. The van der Waals surface area contributed by atoms with Crippen LogP contribution in [-0.2, 0) is 4.74 Å². The molecule has 1 aliphatic rings. The van der Waals surface area contributed by atoms with E-state index < -0.39 is 5.60 Å². The van der Waals surface area contributed by atoms with Crippen molar-refractivity contribution in [1.82, 2.24) is 14.8 Å². The van der Waals surface area contributed by atoms with Gasteiger partial charge >= 0.3 is 6.09 Å². The van der Waals surface area contributed by atoms with Crippen molar-refractivity contribution >= 4 is 52.5 Å². The Bertz CT molecular complexity index is 597. The maximum atomic E-state index is 12.1. The fourth-order valence-corrected chi connectivity index (χ4v) is 3.29. The van der Waals surface area contributed by atoms with Gasteiger partial charge in [-0.15, -0.1) is 35.3 Å². The van der Waals surface area contributed by atoms with Crippen molar-refractivity contribution in [3.63, 3.8) is 0 Å². The number of piperazine rings is 1. The summed E-state index contributed by atoms with van der Waals surface area (Å²) in [6.45, 7) is 12.4. The van der Waals surface area contributed by atoms with Gasteiger partial charge in [0, 0.05) is 50.8 Å². The number of hydrogen-bond acceptors (Lipinski definition) is 6. The molecule has 0 aromatic carbocycles. The molecule has 27 heavy (non-hydrogen) atoms. The number of aliphatic imine (C=N–C) groups is 1. The summed E-state index contributed by atoms with van der Waals surface area (Å²) in [6, 6.07) is 0. The van der Waals surface area contributed by atoms with E-state index in [0.717, 1.165) is 31.3 Å². The minimum Gasteiger partial charge on any atom is -0.444 e. The number of ether oxygens (including phenoxy) is 1. The average molecular weight is 510 g/mol. The van der Waals surface area contributed by atoms with Gasteiger partial charge in [0.15, 0.2) is 11.1 Å². The van der Waals surface area contributed by atoms with E-state index in [1.807, 2.05) is 39.3 Å². The predicted molar refractivity (Wildman–Crippen MR) is 121 cm³/mol. The number of anilines is 1. The maximum absolute atomic E-state index is 12.1. The number of nitrogens with zero attached hydrogens (tertiary/aromatic N) is 5. The van der Waals surface area contributed by atoms with Crippen LogP contribution in [-0.4, -0.2) is 78.3 Å². The normalized spacial score (nSPS) is 15.3. The van der Waals surface area contributed by atoms with Crippen molar-refractivity contribution in [3.05, 3.63) is 11.6 Å². The van der Waals surface area contributed by atoms with E-state index in [9.17, 15) is 4.79 Å². The van der Waals surface area contributed by atoms with Crippen LogP contribution in [0.3, 0.4) is 0 Å². The Hall–Kier alpha value is -1.30. The predicted octanol–water partition coefficient (Wildman–Crippen LogP) is 2.45. The first-order valence-electron chi connectivity index (χ1n) is 8.97. The van der Waals surface area contributed by atoms with Crippen LogP contribution in [0.4, 0.5) is 9.93 Å². The van der Waals surface area contributed by atoms with Gasteiger partial charge in [-0.25, -0.2) is 9.78 Å². The quantitative estimate of drug-likeness (QED) is 0.372. The van der Waals surface area contributed by atoms with Crippen molar-refractivity contribution < 1.29 is 9.53 Å². The van der Waals surface area contributed by atoms with Gasteiger partial charge in [0.1, 0.15) is 5.60 Å². The van der Waals surface area contributed by atoms with E-state index in [2.05, 4.69) is 19.8 Å². The van der Waals surface area contributed by atoms with Crippen LogP contribution in [0.25, 0.3) is 0 Å². The molecule has 0 saturated carbocycles. The molecule has 1 aromatic heterocycles. The Morgan fingerprint density at radius 3 is 2.56 bits per heavy atom. The number of carbonyl (C=O) groups is 1. The third kappa shape index (κ3) is 7.68. The van der Waals surface area contributed by atoms with Crippen LogP contribution >= 0.6 is 35.3 Å². The molecule has 0 aliphatic carbocycles. The number of carbonyl (C=O) groups excluding carboxylic acids is 1. The van der Waals surface area contributed by atoms with E-state index in [1.54, 1.807) is 16.2 Å². The van der Waals surface area contributed by atoms with Crippen LogP contribution < -0.4 is 10.6 Å². The topological polar surface area (TPSA) is 87.3 Å². The minimum absolute atomic E-state index is 0. The van der Waals surface area contributed by atoms with Crippen LogP contribution in [0, 0.1) is 0 Å². The van der Waals surface area contributed by atoms with Gasteiger partial charge < -0.3 is 25.2 Å². The Morgan fingerprint density at radius 1 is 1.37 bits per heavy atom. The second-order valence-electron chi connectivity index (χ2n) is 7.09. The van der Waals surface area contributed by atoms with Gasteiger partial charge in [-0.3, -0.25) is 4.99 Å². The summed E-state index contributed by atoms with van der Waals surface area (Å²) in [5.74, 6) is 0.532. The van der Waals surface area contributed by atoms with E-state index >= 15 is 0 Å². The Morgan fingerprint density at radius 2 is 2.04 bits per heavy atom. The third-order valence-corrected chi connectivity index (χ3v) is 4.80. The lowest BCUT2D eigenvalue weighted by Gasteiger charge is -2.35. The second kappa shape index (κ2) is 10.9. The lowest BCUT2D eigenvalue weighted by Crippen LogP contribution is -2.51. The Balaban J connectivity index is 0.00000364. The molecule has 0 unspecified atom stereocenters. The monoisotopic (exact) mass is 510 g/mol. The summed E-state index contributed by atoms with van der Waals surface area (Å²) in [7, 11) is 0. The zero-order valence-electron chi connectivity index (χ0n) is 16.6. The highest BCUT2D eigenvalue weighted by molar-refractivity contribution is 14.0. The number of hydrogen-bond donors (Lipinski definition) is 1. The highest BCUT2D eigenvalue weighted by Gasteiger charge is 2.22. The van der Waals surface area contributed by atoms with E-state index in [-0.39, 0.29) is 30.1 Å². The molecule has 1 amide bonds. The molecule has 1 saturated heterocycles. The molecule has 2 rings (SSSR count). The molecule has 1 fully saturated rings. The molecule has 1 aromatic rings. The zero-order chi connectivity index (χ0) is 19.2. The number of likely N-dealkylation sites (N-methyl/N-ethyl adjacent to an activating group) is 1. The van der Waals surface area contributed by atoms with Gasteiger partial charge in [0.2, 0.25) is 0 Å². The standard InChI is InChI=1S/C17H30N6O2S.HI/c1-5-21(16(24)25-17(2,3)4)8-6-19-14(18)22-9-11-23(12-10-22)15-20-7-13-26-15;/h7,13H,5-6,8-12H2,1-4H3,(H2,18,19);1H. The van der Waals surface area contributed by atoms with Gasteiger partial charge in [-0.1, -0.05) is 0 Å². The molecule has 154 valence electrons. The van der Waals surface area contributed by atoms with Gasteiger partial charge in [-0.05, 0) is 27.7 Å². The highest BCUT2D eigenvalue weighted by Crippen LogP contribution is 2.18. The van der Waals surface area contributed by atoms with Crippen molar-refractivity contribution in [2.24, 2.45) is 10.7 Å². The highest BCUT2D eigenvalue weighted by atomic mass is 127.